The van der Waals surface area contributed by atoms with Crippen LogP contribution in [0.3, 0.4) is 0 Å². The van der Waals surface area contributed by atoms with Crippen molar-refractivity contribution in [3.05, 3.63) is 5.82 Å². The van der Waals surface area contributed by atoms with E-state index in [1.807, 2.05) is 0 Å². The van der Waals surface area contributed by atoms with Gasteiger partial charge in [0.25, 0.3) is 0 Å². The van der Waals surface area contributed by atoms with Gasteiger partial charge in [-0.25, -0.2) is 0 Å². The van der Waals surface area contributed by atoms with Gasteiger partial charge in [0.1, 0.15) is 0 Å². The number of amides is 1. The van der Waals surface area contributed by atoms with E-state index in [4.69, 9.17) is 0 Å². The Balaban J connectivity index is 1.96. The van der Waals surface area contributed by atoms with Gasteiger partial charge in [-0.3, -0.25) is 15.2 Å². The molecule has 2 rings (SSSR count). The Hall–Kier alpha value is -1.64. The number of carbonyl (C=O) groups excluding carboxylic acids is 1. The monoisotopic (exact) mass is 263 g/mol. The summed E-state index contributed by atoms with van der Waals surface area (Å²) in [5, 5.41) is 10.4. The van der Waals surface area contributed by atoms with Crippen molar-refractivity contribution >= 4 is 11.9 Å². The molecular weight excluding hydrogens is 251 g/mol. The molecule has 0 atom stereocenters. The first-order valence-corrected chi connectivity index (χ1v) is 5.48. The highest BCUT2D eigenvalue weighted by Gasteiger charge is 2.35. The number of carbonyl (C=O) groups is 1. The van der Waals surface area contributed by atoms with Crippen LogP contribution in [0.15, 0.2) is 0 Å². The van der Waals surface area contributed by atoms with Gasteiger partial charge in [-0.1, -0.05) is 0 Å². The molecule has 2 heterocycles. The number of hydrogen-bond donors (Lipinski definition) is 3. The zero-order valence-electron chi connectivity index (χ0n) is 9.34. The lowest BCUT2D eigenvalue weighted by molar-refractivity contribution is -0.144. The topological polar surface area (TPSA) is 82.7 Å². The van der Waals surface area contributed by atoms with E-state index in [2.05, 4.69) is 20.7 Å². The van der Waals surface area contributed by atoms with Crippen molar-refractivity contribution in [2.75, 3.05) is 18.4 Å². The van der Waals surface area contributed by atoms with Crippen molar-refractivity contribution in [2.24, 2.45) is 5.92 Å². The lowest BCUT2D eigenvalue weighted by Gasteiger charge is -2.20. The number of nitrogens with one attached hydrogen (secondary N) is 3. The van der Waals surface area contributed by atoms with Gasteiger partial charge in [0.15, 0.2) is 0 Å². The molecule has 1 amide bonds. The first-order chi connectivity index (χ1) is 8.47. The minimum absolute atomic E-state index is 0.209. The number of piperidine rings is 1. The number of aromatic nitrogens is 3. The van der Waals surface area contributed by atoms with E-state index >= 15 is 0 Å². The number of rotatable bonds is 2. The maximum absolute atomic E-state index is 12.2. The molecule has 0 aliphatic carbocycles. The summed E-state index contributed by atoms with van der Waals surface area (Å²) in [6.07, 6.45) is -3.28. The Morgan fingerprint density at radius 3 is 2.56 bits per heavy atom. The molecular formula is C9H12F3N5O. The van der Waals surface area contributed by atoms with Crippen LogP contribution in [0.25, 0.3) is 0 Å². The largest absolute Gasteiger partial charge is 0.451 e. The van der Waals surface area contributed by atoms with Crippen LogP contribution in [0.5, 0.6) is 0 Å². The van der Waals surface area contributed by atoms with Gasteiger partial charge in [-0.15, -0.1) is 5.10 Å². The van der Waals surface area contributed by atoms with E-state index in [9.17, 15) is 18.0 Å². The summed E-state index contributed by atoms with van der Waals surface area (Å²) in [6, 6.07) is 0. The third kappa shape index (κ3) is 2.97. The van der Waals surface area contributed by atoms with E-state index in [0.29, 0.717) is 12.8 Å². The molecule has 9 heteroatoms. The molecule has 0 saturated carbocycles. The number of halogens is 3. The van der Waals surface area contributed by atoms with Crippen molar-refractivity contribution in [3.8, 4) is 0 Å². The van der Waals surface area contributed by atoms with Crippen LogP contribution >= 0.6 is 0 Å². The Labute approximate surface area is 100 Å². The summed E-state index contributed by atoms with van der Waals surface area (Å²) in [6.45, 7) is 1.44. The molecule has 1 aliphatic rings. The molecule has 0 radical (unpaired) electrons. The maximum Gasteiger partial charge on any atom is 0.451 e. The third-order valence-electron chi connectivity index (χ3n) is 2.70. The van der Waals surface area contributed by atoms with Crippen LogP contribution in [-0.2, 0) is 11.0 Å². The summed E-state index contributed by atoms with van der Waals surface area (Å²) in [7, 11) is 0. The zero-order valence-corrected chi connectivity index (χ0v) is 9.34. The molecule has 0 unspecified atom stereocenters. The van der Waals surface area contributed by atoms with Crippen molar-refractivity contribution in [1.82, 2.24) is 20.5 Å². The predicted octanol–water partition coefficient (Wildman–Crippen LogP) is 0.762. The van der Waals surface area contributed by atoms with Crippen LogP contribution in [0, 0.1) is 5.92 Å². The summed E-state index contributed by atoms with van der Waals surface area (Å²) in [4.78, 5) is 14.9. The molecule has 1 aliphatic heterocycles. The Kier molecular flexibility index (Phi) is 3.50. The molecule has 1 aromatic rings. The quantitative estimate of drug-likeness (QED) is 0.735. The van der Waals surface area contributed by atoms with Crippen molar-refractivity contribution in [1.29, 1.82) is 0 Å². The maximum atomic E-state index is 12.2. The first-order valence-electron chi connectivity index (χ1n) is 5.48. The molecule has 6 nitrogen and oxygen atoms in total. The number of alkyl halides is 3. The summed E-state index contributed by atoms with van der Waals surface area (Å²) in [5.41, 5.74) is 0. The van der Waals surface area contributed by atoms with Crippen LogP contribution in [0.4, 0.5) is 19.1 Å². The van der Waals surface area contributed by atoms with Gasteiger partial charge >= 0.3 is 6.18 Å². The molecule has 0 spiro atoms. The lowest BCUT2D eigenvalue weighted by Crippen LogP contribution is -2.34. The van der Waals surface area contributed by atoms with Crippen LogP contribution in [-0.4, -0.2) is 34.2 Å². The predicted molar refractivity (Wildman–Crippen MR) is 55.6 cm³/mol. The second-order valence-electron chi connectivity index (χ2n) is 4.02. The highest BCUT2D eigenvalue weighted by atomic mass is 19.4. The smallest absolute Gasteiger partial charge is 0.317 e. The fourth-order valence-electron chi connectivity index (χ4n) is 1.74. The van der Waals surface area contributed by atoms with Crippen LogP contribution in [0.2, 0.25) is 0 Å². The van der Waals surface area contributed by atoms with Gasteiger partial charge in [0, 0.05) is 5.92 Å². The fraction of sp³-hybridized carbons (Fsp3) is 0.667. The summed E-state index contributed by atoms with van der Waals surface area (Å²) >= 11 is 0. The van der Waals surface area contributed by atoms with Crippen molar-refractivity contribution < 1.29 is 18.0 Å². The highest BCUT2D eigenvalue weighted by molar-refractivity contribution is 5.90. The van der Waals surface area contributed by atoms with E-state index < -0.39 is 12.0 Å². The number of hydrogen-bond acceptors (Lipinski definition) is 4. The Bertz CT molecular complexity index is 424. The molecule has 18 heavy (non-hydrogen) atoms. The number of aromatic amines is 1. The second-order valence-corrected chi connectivity index (χ2v) is 4.02. The Morgan fingerprint density at radius 1 is 1.33 bits per heavy atom. The molecule has 1 fully saturated rings. The third-order valence-corrected chi connectivity index (χ3v) is 2.70. The summed E-state index contributed by atoms with van der Waals surface area (Å²) in [5.74, 6) is -2.11. The minimum atomic E-state index is -4.59. The molecule has 0 bridgehead atoms. The first kappa shape index (κ1) is 12.8. The Morgan fingerprint density at radius 2 is 2.00 bits per heavy atom. The van der Waals surface area contributed by atoms with Crippen LogP contribution < -0.4 is 10.6 Å². The molecule has 1 saturated heterocycles. The van der Waals surface area contributed by atoms with E-state index in [-0.39, 0.29) is 17.8 Å². The molecule has 1 aromatic heterocycles. The zero-order chi connectivity index (χ0) is 13.2. The average molecular weight is 263 g/mol. The minimum Gasteiger partial charge on any atom is -0.317 e. The van der Waals surface area contributed by atoms with E-state index in [1.165, 1.54) is 0 Å². The van der Waals surface area contributed by atoms with Crippen molar-refractivity contribution in [3.63, 3.8) is 0 Å². The molecule has 3 N–H and O–H groups in total. The lowest BCUT2D eigenvalue weighted by atomic mass is 9.97. The standard InChI is InChI=1S/C9H12F3N5O/c10-9(11,12)7-15-8(17-16-7)14-6(18)5-1-3-13-4-2-5/h5,13H,1-4H2,(H2,14,15,16,17,18). The number of nitrogens with zero attached hydrogens (tertiary/aromatic N) is 2. The average Bonchev–Trinajstić information content (AvgIpc) is 2.78. The highest BCUT2D eigenvalue weighted by Crippen LogP contribution is 2.26. The van der Waals surface area contributed by atoms with Gasteiger partial charge < -0.3 is 5.32 Å². The molecule has 0 aromatic carbocycles. The normalized spacial score (nSPS) is 17.7. The summed E-state index contributed by atoms with van der Waals surface area (Å²) < 4.78 is 36.7. The van der Waals surface area contributed by atoms with Gasteiger partial charge in [-0.05, 0) is 25.9 Å². The number of anilines is 1. The van der Waals surface area contributed by atoms with E-state index in [1.54, 1.807) is 5.10 Å². The SMILES string of the molecule is O=C(Nc1n[nH]c(C(F)(F)F)n1)C1CCNCC1. The van der Waals surface area contributed by atoms with Crippen LogP contribution in [0.1, 0.15) is 18.7 Å². The van der Waals surface area contributed by atoms with Crippen molar-refractivity contribution in [2.45, 2.75) is 19.0 Å². The fourth-order valence-corrected chi connectivity index (χ4v) is 1.74. The molecule has 100 valence electrons. The van der Waals surface area contributed by atoms with Gasteiger partial charge in [0.2, 0.25) is 17.7 Å². The van der Waals surface area contributed by atoms with Gasteiger partial charge in [-0.2, -0.15) is 18.2 Å². The van der Waals surface area contributed by atoms with Gasteiger partial charge in [0.05, 0.1) is 0 Å². The number of H-pyrrole nitrogens is 1. The van der Waals surface area contributed by atoms with E-state index in [0.717, 1.165) is 13.1 Å². The second kappa shape index (κ2) is 4.92.